The number of hydrogen-bond donors (Lipinski definition) is 0. The topological polar surface area (TPSA) is 29.5 Å². The number of halogens is 2. The average molecular weight is 349 g/mol. The second kappa shape index (κ2) is 5.93. The standard InChI is InChI=1S/C18H17F2NO2S/c19-14-3-1-2-13(15(14)20)17(22)21-8-6-18(7-9-21)16-12(4-10-23-18)5-11-24-16/h1-3,5,11H,4,6-10H2. The summed E-state index contributed by atoms with van der Waals surface area (Å²) in [5, 5.41) is 2.08. The Labute approximate surface area is 142 Å². The molecule has 0 unspecified atom stereocenters. The van der Waals surface area contributed by atoms with Crippen LogP contribution in [0.3, 0.4) is 0 Å². The van der Waals surface area contributed by atoms with Gasteiger partial charge in [0.2, 0.25) is 0 Å². The van der Waals surface area contributed by atoms with E-state index in [-0.39, 0.29) is 11.2 Å². The van der Waals surface area contributed by atoms with Gasteiger partial charge < -0.3 is 9.64 Å². The Morgan fingerprint density at radius 1 is 1.21 bits per heavy atom. The molecule has 126 valence electrons. The molecule has 1 fully saturated rings. The molecule has 1 spiro atoms. The van der Waals surface area contributed by atoms with Gasteiger partial charge in [0.25, 0.3) is 5.91 Å². The monoisotopic (exact) mass is 349 g/mol. The number of rotatable bonds is 1. The zero-order valence-corrected chi connectivity index (χ0v) is 13.9. The Kier molecular flexibility index (Phi) is 3.89. The predicted molar refractivity (Wildman–Crippen MR) is 87.1 cm³/mol. The van der Waals surface area contributed by atoms with Gasteiger partial charge in [0.1, 0.15) is 5.60 Å². The van der Waals surface area contributed by atoms with E-state index in [1.54, 1.807) is 16.2 Å². The van der Waals surface area contributed by atoms with Crippen molar-refractivity contribution in [2.75, 3.05) is 19.7 Å². The number of fused-ring (bicyclic) bond motifs is 2. The third-order valence-electron chi connectivity index (χ3n) is 4.95. The van der Waals surface area contributed by atoms with E-state index in [1.807, 2.05) is 0 Å². The Morgan fingerprint density at radius 2 is 2.00 bits per heavy atom. The van der Waals surface area contributed by atoms with Crippen LogP contribution in [-0.2, 0) is 16.8 Å². The molecular weight excluding hydrogens is 332 g/mol. The first-order chi connectivity index (χ1) is 11.6. The quantitative estimate of drug-likeness (QED) is 0.785. The fraction of sp³-hybridized carbons (Fsp3) is 0.389. The Bertz CT molecular complexity index is 781. The number of amides is 1. The zero-order valence-electron chi connectivity index (χ0n) is 13.1. The van der Waals surface area contributed by atoms with Gasteiger partial charge in [-0.15, -0.1) is 11.3 Å². The van der Waals surface area contributed by atoms with Crippen molar-refractivity contribution >= 4 is 17.2 Å². The molecule has 0 saturated carbocycles. The normalized spacial score (nSPS) is 19.3. The van der Waals surface area contributed by atoms with Crippen molar-refractivity contribution in [3.63, 3.8) is 0 Å². The van der Waals surface area contributed by atoms with Crippen LogP contribution in [0.4, 0.5) is 8.78 Å². The number of ether oxygens (including phenoxy) is 1. The first kappa shape index (κ1) is 15.7. The number of carbonyl (C=O) groups excluding carboxylic acids is 1. The van der Waals surface area contributed by atoms with Crippen molar-refractivity contribution in [2.24, 2.45) is 0 Å². The SMILES string of the molecule is O=C(c1cccc(F)c1F)N1CCC2(CC1)OCCc1ccsc12. The molecular formula is C18H17F2NO2S. The molecule has 0 radical (unpaired) electrons. The number of likely N-dealkylation sites (tertiary alicyclic amines) is 1. The van der Waals surface area contributed by atoms with Crippen molar-refractivity contribution in [2.45, 2.75) is 24.9 Å². The van der Waals surface area contributed by atoms with Gasteiger partial charge in [0, 0.05) is 18.0 Å². The van der Waals surface area contributed by atoms with Gasteiger partial charge in [-0.3, -0.25) is 4.79 Å². The Balaban J connectivity index is 1.53. The van der Waals surface area contributed by atoms with Gasteiger partial charge in [-0.1, -0.05) is 6.07 Å². The molecule has 2 aromatic rings. The van der Waals surface area contributed by atoms with Crippen molar-refractivity contribution in [3.8, 4) is 0 Å². The smallest absolute Gasteiger partial charge is 0.256 e. The van der Waals surface area contributed by atoms with Crippen molar-refractivity contribution in [1.82, 2.24) is 4.90 Å². The lowest BCUT2D eigenvalue weighted by atomic mass is 9.85. The van der Waals surface area contributed by atoms with Gasteiger partial charge >= 0.3 is 0 Å². The van der Waals surface area contributed by atoms with E-state index >= 15 is 0 Å². The van der Waals surface area contributed by atoms with Crippen LogP contribution >= 0.6 is 11.3 Å². The third-order valence-corrected chi connectivity index (χ3v) is 6.09. The maximum atomic E-state index is 13.9. The minimum Gasteiger partial charge on any atom is -0.369 e. The highest BCUT2D eigenvalue weighted by molar-refractivity contribution is 7.10. The molecule has 0 atom stereocenters. The summed E-state index contributed by atoms with van der Waals surface area (Å²) < 4.78 is 33.3. The first-order valence-electron chi connectivity index (χ1n) is 8.05. The van der Waals surface area contributed by atoms with E-state index < -0.39 is 17.5 Å². The molecule has 2 aliphatic rings. The number of thiophene rings is 1. The molecule has 1 aromatic carbocycles. The number of carbonyl (C=O) groups is 1. The Morgan fingerprint density at radius 3 is 2.79 bits per heavy atom. The van der Waals surface area contributed by atoms with Crippen molar-refractivity contribution in [1.29, 1.82) is 0 Å². The maximum Gasteiger partial charge on any atom is 0.256 e. The molecule has 3 nitrogen and oxygen atoms in total. The van der Waals surface area contributed by atoms with Crippen LogP contribution in [0.5, 0.6) is 0 Å². The summed E-state index contributed by atoms with van der Waals surface area (Å²) in [4.78, 5) is 15.4. The lowest BCUT2D eigenvalue weighted by Crippen LogP contribution is -2.48. The molecule has 2 aliphatic heterocycles. The molecule has 1 amide bonds. The summed E-state index contributed by atoms with van der Waals surface area (Å²) >= 11 is 1.70. The molecule has 1 saturated heterocycles. The minimum atomic E-state index is -1.07. The molecule has 0 aliphatic carbocycles. The molecule has 0 bridgehead atoms. The average Bonchev–Trinajstić information content (AvgIpc) is 3.08. The van der Waals surface area contributed by atoms with Crippen molar-refractivity contribution in [3.05, 3.63) is 57.3 Å². The largest absolute Gasteiger partial charge is 0.369 e. The van der Waals surface area contributed by atoms with Crippen LogP contribution in [0.1, 0.15) is 33.6 Å². The molecule has 3 heterocycles. The second-order valence-corrected chi connectivity index (χ2v) is 7.18. The maximum absolute atomic E-state index is 13.9. The fourth-order valence-electron chi connectivity index (χ4n) is 3.64. The molecule has 4 rings (SSSR count). The lowest BCUT2D eigenvalue weighted by Gasteiger charge is -2.43. The highest BCUT2D eigenvalue weighted by Crippen LogP contribution is 2.44. The number of hydrogen-bond acceptors (Lipinski definition) is 3. The van der Waals surface area contributed by atoms with E-state index in [9.17, 15) is 13.6 Å². The van der Waals surface area contributed by atoms with Gasteiger partial charge in [-0.05, 0) is 48.4 Å². The second-order valence-electron chi connectivity index (χ2n) is 6.26. The summed E-state index contributed by atoms with van der Waals surface area (Å²) in [6, 6.07) is 5.86. The van der Waals surface area contributed by atoms with Crippen LogP contribution in [0, 0.1) is 11.6 Å². The molecule has 24 heavy (non-hydrogen) atoms. The van der Waals surface area contributed by atoms with Gasteiger partial charge in [-0.25, -0.2) is 8.78 Å². The van der Waals surface area contributed by atoms with E-state index in [0.717, 1.165) is 12.5 Å². The Hall–Kier alpha value is -1.79. The number of piperidine rings is 1. The van der Waals surface area contributed by atoms with Crippen LogP contribution in [0.2, 0.25) is 0 Å². The van der Waals surface area contributed by atoms with Crippen LogP contribution in [0.15, 0.2) is 29.6 Å². The van der Waals surface area contributed by atoms with Crippen molar-refractivity contribution < 1.29 is 18.3 Å². The van der Waals surface area contributed by atoms with E-state index in [2.05, 4.69) is 11.4 Å². The highest BCUT2D eigenvalue weighted by Gasteiger charge is 2.42. The minimum absolute atomic E-state index is 0.202. The van der Waals surface area contributed by atoms with E-state index in [4.69, 9.17) is 4.74 Å². The molecule has 1 aromatic heterocycles. The van der Waals surface area contributed by atoms with Gasteiger partial charge in [0.05, 0.1) is 12.2 Å². The highest BCUT2D eigenvalue weighted by atomic mass is 32.1. The summed E-state index contributed by atoms with van der Waals surface area (Å²) in [7, 11) is 0. The summed E-state index contributed by atoms with van der Waals surface area (Å²) in [5.74, 6) is -2.52. The summed E-state index contributed by atoms with van der Waals surface area (Å²) in [5.41, 5.74) is 0.813. The van der Waals surface area contributed by atoms with Crippen LogP contribution in [0.25, 0.3) is 0 Å². The number of benzene rings is 1. The van der Waals surface area contributed by atoms with Gasteiger partial charge in [0.15, 0.2) is 11.6 Å². The summed E-state index contributed by atoms with van der Waals surface area (Å²) in [6.45, 7) is 1.65. The molecule has 6 heteroatoms. The molecule has 0 N–H and O–H groups in total. The van der Waals surface area contributed by atoms with Crippen LogP contribution in [-0.4, -0.2) is 30.5 Å². The van der Waals surface area contributed by atoms with Gasteiger partial charge in [-0.2, -0.15) is 0 Å². The predicted octanol–water partition coefficient (Wildman–Crippen LogP) is 3.73. The zero-order chi connectivity index (χ0) is 16.7. The first-order valence-corrected chi connectivity index (χ1v) is 8.93. The summed E-state index contributed by atoms with van der Waals surface area (Å²) in [6.07, 6.45) is 2.30. The third kappa shape index (κ3) is 2.45. The van der Waals surface area contributed by atoms with E-state index in [0.29, 0.717) is 32.5 Å². The number of nitrogens with zero attached hydrogens (tertiary/aromatic N) is 1. The lowest BCUT2D eigenvalue weighted by molar-refractivity contribution is -0.0906. The van der Waals surface area contributed by atoms with Crippen LogP contribution < -0.4 is 0 Å². The fourth-order valence-corrected chi connectivity index (χ4v) is 4.80. The van der Waals surface area contributed by atoms with E-state index in [1.165, 1.54) is 22.6 Å².